The topological polar surface area (TPSA) is 70.5 Å². The molecule has 7 heteroatoms. The molecule has 2 rings (SSSR count). The van der Waals surface area contributed by atoms with Gasteiger partial charge in [-0.2, -0.15) is 4.37 Å². The number of carboxylic acid groups (broad SMARTS) is 1. The number of aromatic carboxylic acids is 1. The number of carbonyl (C=O) groups excluding carboxylic acids is 1. The molecule has 0 fully saturated rings. The van der Waals surface area contributed by atoms with Crippen molar-refractivity contribution in [2.45, 2.75) is 13.8 Å². The first-order valence-electron chi connectivity index (χ1n) is 6.12. The molecular weight excluding hydrogens is 308 g/mol. The average Bonchev–Trinajstić information content (AvgIpc) is 3.01. The van der Waals surface area contributed by atoms with Gasteiger partial charge in [0.2, 0.25) is 0 Å². The first-order valence-corrected chi connectivity index (χ1v) is 7.71. The van der Waals surface area contributed by atoms with Crippen molar-refractivity contribution in [3.8, 4) is 0 Å². The van der Waals surface area contributed by atoms with Gasteiger partial charge in [-0.25, -0.2) is 4.79 Å². The third-order valence-electron chi connectivity index (χ3n) is 2.85. The summed E-state index contributed by atoms with van der Waals surface area (Å²) in [4.78, 5) is 26.8. The van der Waals surface area contributed by atoms with Crippen LogP contribution < -0.4 is 4.90 Å². The molecular formula is C14H14N2O3S2. The minimum absolute atomic E-state index is 0.0798. The van der Waals surface area contributed by atoms with Gasteiger partial charge in [0.1, 0.15) is 10.6 Å². The fraction of sp³-hybridized carbons (Fsp3) is 0.214. The summed E-state index contributed by atoms with van der Waals surface area (Å²) < 4.78 is 4.01. The maximum absolute atomic E-state index is 12.1. The van der Waals surface area contributed by atoms with E-state index in [1.54, 1.807) is 31.4 Å². The zero-order valence-corrected chi connectivity index (χ0v) is 13.4. The standard InChI is InChI=1S/C14H14N2O3S2/c1-8-4-5-10(20-8)6-7-11(17)16(3)13-12(14(18)19)9(2)15-21-13/h4-7H,1-3H3,(H,18,19). The molecule has 2 aromatic heterocycles. The Morgan fingerprint density at radius 2 is 2.05 bits per heavy atom. The fourth-order valence-electron chi connectivity index (χ4n) is 1.74. The van der Waals surface area contributed by atoms with E-state index in [0.717, 1.165) is 16.4 Å². The molecule has 0 aromatic carbocycles. The predicted octanol–water partition coefficient (Wildman–Crippen LogP) is 3.20. The molecule has 0 aliphatic heterocycles. The Morgan fingerprint density at radius 1 is 1.33 bits per heavy atom. The molecule has 0 radical (unpaired) electrons. The predicted molar refractivity (Wildman–Crippen MR) is 85.3 cm³/mol. The van der Waals surface area contributed by atoms with Crippen LogP contribution in [-0.4, -0.2) is 28.4 Å². The largest absolute Gasteiger partial charge is 0.478 e. The maximum atomic E-state index is 12.1. The second-order valence-electron chi connectivity index (χ2n) is 4.43. The summed E-state index contributed by atoms with van der Waals surface area (Å²) in [5, 5.41) is 9.53. The van der Waals surface area contributed by atoms with Gasteiger partial charge in [-0.05, 0) is 43.6 Å². The lowest BCUT2D eigenvalue weighted by atomic mass is 10.2. The highest BCUT2D eigenvalue weighted by atomic mass is 32.1. The Labute approximate surface area is 130 Å². The van der Waals surface area contributed by atoms with Crippen molar-refractivity contribution >= 4 is 45.8 Å². The Hall–Kier alpha value is -1.99. The van der Waals surface area contributed by atoms with Crippen LogP contribution in [0.15, 0.2) is 18.2 Å². The summed E-state index contributed by atoms with van der Waals surface area (Å²) >= 11 is 2.60. The van der Waals surface area contributed by atoms with Gasteiger partial charge in [0, 0.05) is 22.9 Å². The van der Waals surface area contributed by atoms with Crippen molar-refractivity contribution in [3.05, 3.63) is 39.2 Å². The zero-order valence-electron chi connectivity index (χ0n) is 11.8. The molecule has 0 atom stereocenters. The highest BCUT2D eigenvalue weighted by molar-refractivity contribution is 7.12. The monoisotopic (exact) mass is 322 g/mol. The van der Waals surface area contributed by atoms with E-state index in [-0.39, 0.29) is 11.5 Å². The molecule has 0 aliphatic carbocycles. The molecule has 0 spiro atoms. The molecule has 110 valence electrons. The number of aromatic nitrogens is 1. The van der Waals surface area contributed by atoms with Crippen LogP contribution in [0.1, 0.15) is 25.8 Å². The summed E-state index contributed by atoms with van der Waals surface area (Å²) in [6, 6.07) is 3.91. The number of anilines is 1. The molecule has 0 saturated heterocycles. The van der Waals surface area contributed by atoms with Crippen LogP contribution in [0.3, 0.4) is 0 Å². The van der Waals surface area contributed by atoms with Crippen LogP contribution in [-0.2, 0) is 4.79 Å². The van der Waals surface area contributed by atoms with Gasteiger partial charge in [0.15, 0.2) is 0 Å². The van der Waals surface area contributed by atoms with Crippen LogP contribution in [0.2, 0.25) is 0 Å². The minimum atomic E-state index is -1.08. The molecule has 1 N–H and O–H groups in total. The molecule has 2 aromatic rings. The lowest BCUT2D eigenvalue weighted by Gasteiger charge is -2.13. The SMILES string of the molecule is Cc1ccc(C=CC(=O)N(C)c2snc(C)c2C(=O)O)s1. The maximum Gasteiger partial charge on any atom is 0.340 e. The number of hydrogen-bond acceptors (Lipinski definition) is 5. The molecule has 21 heavy (non-hydrogen) atoms. The van der Waals surface area contributed by atoms with E-state index in [9.17, 15) is 14.7 Å². The van der Waals surface area contributed by atoms with Crippen LogP contribution >= 0.6 is 22.9 Å². The van der Waals surface area contributed by atoms with E-state index in [4.69, 9.17) is 0 Å². The Morgan fingerprint density at radius 3 is 2.62 bits per heavy atom. The Balaban J connectivity index is 2.20. The first-order chi connectivity index (χ1) is 9.90. The van der Waals surface area contributed by atoms with Crippen molar-refractivity contribution in [2.75, 3.05) is 11.9 Å². The van der Waals surface area contributed by atoms with Crippen molar-refractivity contribution in [2.24, 2.45) is 0 Å². The van der Waals surface area contributed by atoms with E-state index in [1.165, 1.54) is 15.9 Å². The second-order valence-corrected chi connectivity index (χ2v) is 6.50. The number of thiophene rings is 1. The highest BCUT2D eigenvalue weighted by Crippen LogP contribution is 2.28. The van der Waals surface area contributed by atoms with Gasteiger partial charge in [0.25, 0.3) is 5.91 Å². The molecule has 0 bridgehead atoms. The number of likely N-dealkylation sites (N-methyl/N-ethyl adjacent to an activating group) is 1. The number of carboxylic acids is 1. The molecule has 0 aliphatic rings. The van der Waals surface area contributed by atoms with Gasteiger partial charge in [0.05, 0.1) is 5.69 Å². The van der Waals surface area contributed by atoms with E-state index in [2.05, 4.69) is 4.37 Å². The lowest BCUT2D eigenvalue weighted by Crippen LogP contribution is -2.24. The van der Waals surface area contributed by atoms with Gasteiger partial charge < -0.3 is 10.0 Å². The van der Waals surface area contributed by atoms with Gasteiger partial charge in [-0.15, -0.1) is 11.3 Å². The number of carbonyl (C=O) groups is 2. The second kappa shape index (κ2) is 6.19. The molecule has 0 unspecified atom stereocenters. The fourth-order valence-corrected chi connectivity index (χ4v) is 3.37. The number of nitrogens with zero attached hydrogens (tertiary/aromatic N) is 2. The van der Waals surface area contributed by atoms with Crippen LogP contribution in [0, 0.1) is 13.8 Å². The number of rotatable bonds is 4. The van der Waals surface area contributed by atoms with E-state index in [0.29, 0.717) is 10.7 Å². The molecule has 0 saturated carbocycles. The van der Waals surface area contributed by atoms with Crippen molar-refractivity contribution in [3.63, 3.8) is 0 Å². The first kappa shape index (κ1) is 15.4. The van der Waals surface area contributed by atoms with Crippen molar-refractivity contribution < 1.29 is 14.7 Å². The van der Waals surface area contributed by atoms with E-state index < -0.39 is 5.97 Å². The highest BCUT2D eigenvalue weighted by Gasteiger charge is 2.22. The molecule has 5 nitrogen and oxygen atoms in total. The summed E-state index contributed by atoms with van der Waals surface area (Å²) in [5.74, 6) is -1.36. The summed E-state index contributed by atoms with van der Waals surface area (Å²) in [6.07, 6.45) is 3.16. The third kappa shape index (κ3) is 3.37. The molecule has 2 heterocycles. The van der Waals surface area contributed by atoms with Gasteiger partial charge in [-0.3, -0.25) is 4.79 Å². The van der Waals surface area contributed by atoms with Crippen LogP contribution in [0.5, 0.6) is 0 Å². The van der Waals surface area contributed by atoms with Gasteiger partial charge >= 0.3 is 5.97 Å². The number of amides is 1. The van der Waals surface area contributed by atoms with Crippen LogP contribution in [0.25, 0.3) is 6.08 Å². The Bertz CT molecular complexity index is 716. The Kier molecular flexibility index (Phi) is 4.54. The number of hydrogen-bond donors (Lipinski definition) is 1. The average molecular weight is 322 g/mol. The van der Waals surface area contributed by atoms with Crippen LogP contribution in [0.4, 0.5) is 5.00 Å². The summed E-state index contributed by atoms with van der Waals surface area (Å²) in [7, 11) is 1.55. The minimum Gasteiger partial charge on any atom is -0.478 e. The van der Waals surface area contributed by atoms with E-state index >= 15 is 0 Å². The number of aryl methyl sites for hydroxylation is 2. The summed E-state index contributed by atoms with van der Waals surface area (Å²) in [5.41, 5.74) is 0.497. The van der Waals surface area contributed by atoms with E-state index in [1.807, 2.05) is 19.1 Å². The lowest BCUT2D eigenvalue weighted by molar-refractivity contribution is -0.113. The molecule has 1 amide bonds. The zero-order chi connectivity index (χ0) is 15.6. The smallest absolute Gasteiger partial charge is 0.340 e. The summed E-state index contributed by atoms with van der Waals surface area (Å²) in [6.45, 7) is 3.61. The van der Waals surface area contributed by atoms with Crippen molar-refractivity contribution in [1.29, 1.82) is 0 Å². The normalized spacial score (nSPS) is 11.0. The third-order valence-corrected chi connectivity index (χ3v) is 4.83. The van der Waals surface area contributed by atoms with Crippen molar-refractivity contribution in [1.82, 2.24) is 4.37 Å². The van der Waals surface area contributed by atoms with Gasteiger partial charge in [-0.1, -0.05) is 0 Å². The quantitative estimate of drug-likeness (QED) is 0.878.